The van der Waals surface area contributed by atoms with Crippen molar-refractivity contribution in [2.75, 3.05) is 7.05 Å². The van der Waals surface area contributed by atoms with Crippen molar-refractivity contribution < 1.29 is 5.11 Å². The molecule has 0 amide bonds. The molecule has 1 unspecified atom stereocenters. The summed E-state index contributed by atoms with van der Waals surface area (Å²) in [5.41, 5.74) is 1.10. The lowest BCUT2D eigenvalue weighted by atomic mass is 9.88. The van der Waals surface area contributed by atoms with Crippen molar-refractivity contribution in [3.8, 4) is 0 Å². The van der Waals surface area contributed by atoms with Crippen molar-refractivity contribution in [2.24, 2.45) is 0 Å². The fourth-order valence-corrected chi connectivity index (χ4v) is 1.62. The molecule has 1 saturated heterocycles. The van der Waals surface area contributed by atoms with Gasteiger partial charge in [-0.25, -0.2) is 0 Å². The molecule has 0 aliphatic carbocycles. The monoisotopic (exact) mass is 155 g/mol. The molecule has 0 radical (unpaired) electrons. The van der Waals surface area contributed by atoms with Gasteiger partial charge < -0.3 is 10.0 Å². The molecule has 0 spiro atoms. The van der Waals surface area contributed by atoms with E-state index < -0.39 is 0 Å². The van der Waals surface area contributed by atoms with Crippen LogP contribution in [0, 0.1) is 0 Å². The number of aliphatic hydroxyl groups excluding tert-OH is 1. The number of likely N-dealkylation sites (tertiary alicyclic amines) is 1. The first kappa shape index (κ1) is 8.60. The number of nitrogens with zero attached hydrogens (tertiary/aromatic N) is 1. The molecule has 1 heterocycles. The van der Waals surface area contributed by atoms with Crippen LogP contribution < -0.4 is 0 Å². The van der Waals surface area contributed by atoms with Crippen LogP contribution in [0.4, 0.5) is 0 Å². The summed E-state index contributed by atoms with van der Waals surface area (Å²) in [5, 5.41) is 9.45. The molecule has 64 valence electrons. The number of piperidine rings is 1. The van der Waals surface area contributed by atoms with Crippen LogP contribution in [0.25, 0.3) is 0 Å². The zero-order valence-electron chi connectivity index (χ0n) is 7.59. The van der Waals surface area contributed by atoms with Crippen LogP contribution >= 0.6 is 0 Å². The van der Waals surface area contributed by atoms with Gasteiger partial charge in [0.05, 0.1) is 6.10 Å². The van der Waals surface area contributed by atoms with Gasteiger partial charge in [0, 0.05) is 24.7 Å². The van der Waals surface area contributed by atoms with Gasteiger partial charge in [-0.05, 0) is 20.3 Å². The highest BCUT2D eigenvalue weighted by molar-refractivity contribution is 5.06. The molecule has 1 atom stereocenters. The predicted molar refractivity (Wildman–Crippen MR) is 46.2 cm³/mol. The molecule has 0 aromatic rings. The maximum atomic E-state index is 9.45. The first-order chi connectivity index (χ1) is 4.93. The number of rotatable bonds is 0. The summed E-state index contributed by atoms with van der Waals surface area (Å²) in [6.07, 6.45) is 1.36. The Kier molecular flexibility index (Phi) is 1.97. The lowest BCUT2D eigenvalue weighted by Crippen LogP contribution is -2.47. The van der Waals surface area contributed by atoms with E-state index in [-0.39, 0.29) is 11.6 Å². The third kappa shape index (κ3) is 1.56. The molecule has 1 rings (SSSR count). The molecule has 0 bridgehead atoms. The molecule has 0 aromatic carbocycles. The topological polar surface area (TPSA) is 23.5 Å². The Labute approximate surface area is 68.5 Å². The van der Waals surface area contributed by atoms with Gasteiger partial charge in [0.25, 0.3) is 0 Å². The van der Waals surface area contributed by atoms with Gasteiger partial charge >= 0.3 is 0 Å². The average molecular weight is 155 g/mol. The van der Waals surface area contributed by atoms with Crippen LogP contribution in [0.2, 0.25) is 0 Å². The van der Waals surface area contributed by atoms with Crippen LogP contribution in [0.3, 0.4) is 0 Å². The van der Waals surface area contributed by atoms with Gasteiger partial charge in [0.2, 0.25) is 0 Å². The maximum absolute atomic E-state index is 9.45. The first-order valence-electron chi connectivity index (χ1n) is 4.03. The summed E-state index contributed by atoms with van der Waals surface area (Å²) in [4.78, 5) is 2.15. The van der Waals surface area contributed by atoms with Gasteiger partial charge in [-0.15, -0.1) is 0 Å². The normalized spacial score (nSPS) is 30.7. The minimum absolute atomic E-state index is 0.0642. The van der Waals surface area contributed by atoms with E-state index in [4.69, 9.17) is 0 Å². The second kappa shape index (κ2) is 2.52. The predicted octanol–water partition coefficient (Wildman–Crippen LogP) is 1.37. The van der Waals surface area contributed by atoms with Gasteiger partial charge in [-0.3, -0.25) is 0 Å². The number of hydrogen-bond donors (Lipinski definition) is 1. The summed E-state index contributed by atoms with van der Waals surface area (Å²) in [6.45, 7) is 8.16. The highest BCUT2D eigenvalue weighted by atomic mass is 16.3. The van der Waals surface area contributed by atoms with Crippen LogP contribution in [0.1, 0.15) is 26.7 Å². The summed E-state index contributed by atoms with van der Waals surface area (Å²) in [6, 6.07) is 0. The molecule has 1 aliphatic heterocycles. The van der Waals surface area contributed by atoms with E-state index in [9.17, 15) is 5.11 Å². The Morgan fingerprint density at radius 3 is 2.64 bits per heavy atom. The molecule has 0 aromatic heterocycles. The lowest BCUT2D eigenvalue weighted by Gasteiger charge is -2.44. The van der Waals surface area contributed by atoms with E-state index in [0.29, 0.717) is 0 Å². The molecule has 1 fully saturated rings. The first-order valence-corrected chi connectivity index (χ1v) is 4.03. The molecule has 0 saturated carbocycles. The lowest BCUT2D eigenvalue weighted by molar-refractivity contribution is 0.0439. The third-order valence-electron chi connectivity index (χ3n) is 2.59. The fourth-order valence-electron chi connectivity index (χ4n) is 1.62. The zero-order valence-corrected chi connectivity index (χ0v) is 7.59. The Bertz CT molecular complexity index is 174. The zero-order chi connectivity index (χ0) is 8.65. The van der Waals surface area contributed by atoms with Crippen LogP contribution in [0.15, 0.2) is 12.3 Å². The molecule has 2 nitrogen and oxygen atoms in total. The van der Waals surface area contributed by atoms with E-state index >= 15 is 0 Å². The standard InChI is InChI=1S/C9H17NO/c1-7-5-8(11)6-9(2,3)10(7)4/h8,11H,1,5-6H2,2-4H3. The minimum atomic E-state index is -0.200. The van der Waals surface area contributed by atoms with Crippen LogP contribution in [-0.4, -0.2) is 28.7 Å². The Balaban J connectivity index is 2.75. The van der Waals surface area contributed by atoms with E-state index in [2.05, 4.69) is 25.3 Å². The van der Waals surface area contributed by atoms with Crippen molar-refractivity contribution in [1.82, 2.24) is 4.90 Å². The van der Waals surface area contributed by atoms with Gasteiger partial charge in [-0.1, -0.05) is 6.58 Å². The second-order valence-corrected chi connectivity index (χ2v) is 4.00. The van der Waals surface area contributed by atoms with Crippen molar-refractivity contribution in [3.05, 3.63) is 12.3 Å². The number of hydrogen-bond acceptors (Lipinski definition) is 2. The maximum Gasteiger partial charge on any atom is 0.0616 e. The summed E-state index contributed by atoms with van der Waals surface area (Å²) in [5.74, 6) is 0. The Morgan fingerprint density at radius 1 is 1.64 bits per heavy atom. The van der Waals surface area contributed by atoms with Crippen molar-refractivity contribution in [1.29, 1.82) is 0 Å². The third-order valence-corrected chi connectivity index (χ3v) is 2.59. The smallest absolute Gasteiger partial charge is 0.0616 e. The van der Waals surface area contributed by atoms with Crippen molar-refractivity contribution in [2.45, 2.75) is 38.3 Å². The van der Waals surface area contributed by atoms with E-state index in [1.54, 1.807) is 0 Å². The quantitative estimate of drug-likeness (QED) is 0.571. The van der Waals surface area contributed by atoms with Crippen molar-refractivity contribution in [3.63, 3.8) is 0 Å². The van der Waals surface area contributed by atoms with E-state index in [1.807, 2.05) is 7.05 Å². The largest absolute Gasteiger partial charge is 0.393 e. The molecule has 2 heteroatoms. The average Bonchev–Trinajstić information content (AvgIpc) is 1.81. The van der Waals surface area contributed by atoms with Gasteiger partial charge in [-0.2, -0.15) is 0 Å². The second-order valence-electron chi connectivity index (χ2n) is 4.00. The van der Waals surface area contributed by atoms with Crippen LogP contribution in [0.5, 0.6) is 0 Å². The van der Waals surface area contributed by atoms with Gasteiger partial charge in [0.15, 0.2) is 0 Å². The van der Waals surface area contributed by atoms with E-state index in [1.165, 1.54) is 0 Å². The highest BCUT2D eigenvalue weighted by Crippen LogP contribution is 2.31. The summed E-state index contributed by atoms with van der Waals surface area (Å²) >= 11 is 0. The molecular formula is C9H17NO. The highest BCUT2D eigenvalue weighted by Gasteiger charge is 2.32. The van der Waals surface area contributed by atoms with Crippen LogP contribution in [-0.2, 0) is 0 Å². The molecular weight excluding hydrogens is 138 g/mol. The fraction of sp³-hybridized carbons (Fsp3) is 0.778. The summed E-state index contributed by atoms with van der Waals surface area (Å²) < 4.78 is 0. The SMILES string of the molecule is C=C1CC(O)CC(C)(C)N1C. The Hall–Kier alpha value is -0.500. The number of aliphatic hydroxyl groups is 1. The Morgan fingerprint density at radius 2 is 2.18 bits per heavy atom. The van der Waals surface area contributed by atoms with E-state index in [0.717, 1.165) is 18.5 Å². The molecule has 11 heavy (non-hydrogen) atoms. The molecule has 1 N–H and O–H groups in total. The van der Waals surface area contributed by atoms with Crippen molar-refractivity contribution >= 4 is 0 Å². The molecule has 1 aliphatic rings. The minimum Gasteiger partial charge on any atom is -0.393 e. The summed E-state index contributed by atoms with van der Waals surface area (Å²) in [7, 11) is 2.04. The van der Waals surface area contributed by atoms with Gasteiger partial charge in [0.1, 0.15) is 0 Å².